The van der Waals surface area contributed by atoms with Gasteiger partial charge >= 0.3 is 6.03 Å². The molecule has 10 nitrogen and oxygen atoms in total. The lowest BCUT2D eigenvalue weighted by atomic mass is 9.68. The van der Waals surface area contributed by atoms with Crippen LogP contribution in [0.3, 0.4) is 0 Å². The van der Waals surface area contributed by atoms with Crippen molar-refractivity contribution in [3.05, 3.63) is 58.6 Å². The van der Waals surface area contributed by atoms with Gasteiger partial charge in [-0.05, 0) is 107 Å². The molecule has 1 aliphatic heterocycles. The first-order valence-corrected chi connectivity index (χ1v) is 18.0. The summed E-state index contributed by atoms with van der Waals surface area (Å²) in [5, 5.41) is 15.3. The van der Waals surface area contributed by atoms with Gasteiger partial charge in [-0.3, -0.25) is 10.1 Å². The highest BCUT2D eigenvalue weighted by molar-refractivity contribution is 7.99. The number of carbonyl (C=O) groups excluding carboxylic acids is 1. The molecule has 1 heterocycles. The Kier molecular flexibility index (Phi) is 11.6. The number of carbonyl (C=O) groups is 1. The highest BCUT2D eigenvalue weighted by atomic mass is 32.2. The third kappa shape index (κ3) is 9.58. The molecule has 1 aliphatic carbocycles. The first-order valence-electron chi connectivity index (χ1n) is 15.5. The monoisotopic (exact) mass is 645 g/mol. The first-order chi connectivity index (χ1) is 20.8. The van der Waals surface area contributed by atoms with E-state index >= 15 is 0 Å². The number of likely N-dealkylation sites (tertiary alicyclic amines) is 1. The van der Waals surface area contributed by atoms with Crippen LogP contribution in [0, 0.1) is 27.4 Å². The van der Waals surface area contributed by atoms with E-state index < -0.39 is 21.0 Å². The minimum absolute atomic E-state index is 0.105. The molecule has 2 aromatic rings. The van der Waals surface area contributed by atoms with Crippen molar-refractivity contribution < 1.29 is 18.1 Å². The molecule has 2 aliphatic rings. The van der Waals surface area contributed by atoms with Gasteiger partial charge in [-0.15, -0.1) is 11.8 Å². The normalized spacial score (nSPS) is 18.6. The largest absolute Gasteiger partial charge is 0.376 e. The van der Waals surface area contributed by atoms with Crippen LogP contribution in [-0.2, 0) is 10.0 Å². The molecule has 0 radical (unpaired) electrons. The molecule has 0 spiro atoms. The number of rotatable bonds is 12. The number of nitrogens with zero attached hydrogens (tertiary/aromatic N) is 3. The van der Waals surface area contributed by atoms with Gasteiger partial charge in [0.05, 0.1) is 9.82 Å². The van der Waals surface area contributed by atoms with Crippen molar-refractivity contribution in [2.75, 3.05) is 44.8 Å². The van der Waals surface area contributed by atoms with E-state index in [1.54, 1.807) is 16.7 Å². The van der Waals surface area contributed by atoms with Crippen molar-refractivity contribution >= 4 is 39.2 Å². The maximum Gasteiger partial charge on any atom is 0.331 e. The second-order valence-electron chi connectivity index (χ2n) is 13.2. The zero-order chi connectivity index (χ0) is 31.9. The molecule has 1 saturated heterocycles. The summed E-state index contributed by atoms with van der Waals surface area (Å²) in [5.74, 6) is 1.90. The number of benzene rings is 2. The van der Waals surface area contributed by atoms with Crippen LogP contribution in [0.15, 0.2) is 58.3 Å². The Morgan fingerprint density at radius 1 is 1.07 bits per heavy atom. The van der Waals surface area contributed by atoms with Crippen molar-refractivity contribution in [2.45, 2.75) is 74.6 Å². The molecule has 2 aromatic carbocycles. The lowest BCUT2D eigenvalue weighted by Crippen LogP contribution is -2.47. The minimum Gasteiger partial charge on any atom is -0.376 e. The topological polar surface area (TPSA) is 125 Å². The minimum atomic E-state index is -4.31. The molecule has 0 aromatic heterocycles. The van der Waals surface area contributed by atoms with E-state index in [9.17, 15) is 23.3 Å². The number of hydrogen-bond donors (Lipinski definition) is 2. The Bertz CT molecular complexity index is 1370. The Morgan fingerprint density at radius 2 is 1.70 bits per heavy atom. The first kappa shape index (κ1) is 34.1. The number of thioether (sulfide) groups is 1. The number of anilines is 1. The molecular weight excluding hydrogens is 599 g/mol. The van der Waals surface area contributed by atoms with Crippen LogP contribution in [0.25, 0.3) is 0 Å². The summed E-state index contributed by atoms with van der Waals surface area (Å²) >= 11 is 1.65. The molecule has 2 amide bonds. The van der Waals surface area contributed by atoms with E-state index in [4.69, 9.17) is 0 Å². The summed E-state index contributed by atoms with van der Waals surface area (Å²) in [7, 11) is -0.370. The fourth-order valence-electron chi connectivity index (χ4n) is 6.20. The van der Waals surface area contributed by atoms with Crippen molar-refractivity contribution in [1.29, 1.82) is 0 Å². The van der Waals surface area contributed by atoms with Crippen LogP contribution in [0.2, 0.25) is 0 Å². The molecule has 242 valence electrons. The second-order valence-corrected chi connectivity index (χ2v) is 16.0. The molecule has 4 rings (SSSR count). The van der Waals surface area contributed by atoms with Crippen LogP contribution in [0.4, 0.5) is 16.2 Å². The molecule has 1 atom stereocenters. The Balaban J connectivity index is 1.39. The van der Waals surface area contributed by atoms with Crippen molar-refractivity contribution in [3.63, 3.8) is 0 Å². The van der Waals surface area contributed by atoms with Crippen LogP contribution in [-0.4, -0.2) is 74.7 Å². The van der Waals surface area contributed by atoms with Gasteiger partial charge in [0.2, 0.25) is 0 Å². The molecule has 2 N–H and O–H groups in total. The van der Waals surface area contributed by atoms with E-state index in [0.717, 1.165) is 36.8 Å². The van der Waals surface area contributed by atoms with Gasteiger partial charge in [-0.25, -0.2) is 17.9 Å². The standard InChI is InChI=1S/C32H47N5O5S2/c1-32(2)17-12-24(13-18-32)25-14-20-36(21-15-25)31(38)34-44(41,42)28-10-11-29(30(22-28)37(39)40)33-26(16-19-35(3)4)23-43-27-8-6-5-7-9-27/h5-11,22,24-26,33H,12-21,23H2,1-4H3,(H,34,38)/t26-/m1/s1. The van der Waals surface area contributed by atoms with Gasteiger partial charge in [-0.1, -0.05) is 32.0 Å². The second kappa shape index (κ2) is 15.0. The number of nitrogens with one attached hydrogen (secondary N) is 2. The lowest BCUT2D eigenvalue weighted by molar-refractivity contribution is -0.384. The zero-order valence-electron chi connectivity index (χ0n) is 26.3. The Morgan fingerprint density at radius 3 is 2.32 bits per heavy atom. The predicted molar refractivity (Wildman–Crippen MR) is 177 cm³/mol. The van der Waals surface area contributed by atoms with Gasteiger partial charge < -0.3 is 15.1 Å². The summed E-state index contributed by atoms with van der Waals surface area (Å²) in [6, 6.07) is 12.9. The Hall–Kier alpha value is -2.83. The van der Waals surface area contributed by atoms with Gasteiger partial charge in [-0.2, -0.15) is 0 Å². The van der Waals surface area contributed by atoms with E-state index in [1.165, 1.54) is 37.8 Å². The number of nitro benzene ring substituents is 1. The van der Waals surface area contributed by atoms with Crippen LogP contribution in [0.1, 0.15) is 58.8 Å². The number of hydrogen-bond acceptors (Lipinski definition) is 8. The van der Waals surface area contributed by atoms with E-state index in [1.807, 2.05) is 49.3 Å². The van der Waals surface area contributed by atoms with Gasteiger partial charge in [0.25, 0.3) is 15.7 Å². The molecule has 44 heavy (non-hydrogen) atoms. The highest BCUT2D eigenvalue weighted by Crippen LogP contribution is 2.43. The number of nitro groups is 1. The number of piperidine rings is 1. The summed E-state index contributed by atoms with van der Waals surface area (Å²) in [4.78, 5) is 28.8. The third-order valence-corrected chi connectivity index (χ3v) is 11.5. The third-order valence-electron chi connectivity index (χ3n) is 9.05. The van der Waals surface area contributed by atoms with Gasteiger partial charge in [0, 0.05) is 35.8 Å². The van der Waals surface area contributed by atoms with Crippen LogP contribution in [0.5, 0.6) is 0 Å². The van der Waals surface area contributed by atoms with Crippen LogP contribution < -0.4 is 10.0 Å². The van der Waals surface area contributed by atoms with Crippen molar-refractivity contribution in [3.8, 4) is 0 Å². The molecule has 2 fully saturated rings. The lowest BCUT2D eigenvalue weighted by Gasteiger charge is -2.41. The number of sulfonamides is 1. The van der Waals surface area contributed by atoms with Gasteiger partial charge in [0.1, 0.15) is 5.69 Å². The maximum absolute atomic E-state index is 13.2. The van der Waals surface area contributed by atoms with Gasteiger partial charge in [0.15, 0.2) is 0 Å². The zero-order valence-corrected chi connectivity index (χ0v) is 28.0. The highest BCUT2D eigenvalue weighted by Gasteiger charge is 2.34. The molecular formula is C32H47N5O5S2. The van der Waals surface area contributed by atoms with E-state index in [-0.39, 0.29) is 22.3 Å². The maximum atomic E-state index is 13.2. The average Bonchev–Trinajstić information content (AvgIpc) is 2.98. The number of urea groups is 1. The fourth-order valence-corrected chi connectivity index (χ4v) is 8.19. The predicted octanol–water partition coefficient (Wildman–Crippen LogP) is 6.45. The summed E-state index contributed by atoms with van der Waals surface area (Å²) in [5.41, 5.74) is 0.298. The average molecular weight is 646 g/mol. The molecule has 12 heteroatoms. The van der Waals surface area contributed by atoms with Crippen LogP contribution >= 0.6 is 11.8 Å². The summed E-state index contributed by atoms with van der Waals surface area (Å²) < 4.78 is 28.5. The van der Waals surface area contributed by atoms with E-state index in [2.05, 4.69) is 23.9 Å². The SMILES string of the molecule is CN(C)CC[C@H](CSc1ccccc1)Nc1ccc(S(=O)(=O)NC(=O)N2CCC(C3CCC(C)(C)CC3)CC2)cc1[N+](=O)[O-]. The van der Waals surface area contributed by atoms with E-state index in [0.29, 0.717) is 36.1 Å². The quantitative estimate of drug-likeness (QED) is 0.153. The summed E-state index contributed by atoms with van der Waals surface area (Å²) in [6.45, 7) is 6.43. The smallest absolute Gasteiger partial charge is 0.331 e. The Labute approximate surface area is 266 Å². The molecule has 0 unspecified atom stereocenters. The van der Waals surface area contributed by atoms with Crippen molar-refractivity contribution in [2.24, 2.45) is 17.3 Å². The van der Waals surface area contributed by atoms with Crippen molar-refractivity contribution in [1.82, 2.24) is 14.5 Å². The number of amides is 2. The summed E-state index contributed by atoms with van der Waals surface area (Å²) in [6.07, 6.45) is 7.33. The molecule has 1 saturated carbocycles. The fraction of sp³-hybridized carbons (Fsp3) is 0.594. The molecule has 0 bridgehead atoms.